The second kappa shape index (κ2) is 6.45. The van der Waals surface area contributed by atoms with E-state index in [-0.39, 0.29) is 11.7 Å². The number of carbonyl (C=O) groups excluding carboxylic acids is 1. The fourth-order valence-electron chi connectivity index (χ4n) is 1.74. The van der Waals surface area contributed by atoms with Crippen LogP contribution in [-0.4, -0.2) is 24.8 Å². The van der Waals surface area contributed by atoms with Crippen molar-refractivity contribution in [1.82, 2.24) is 0 Å². The Morgan fingerprint density at radius 3 is 2.63 bits per heavy atom. The van der Waals surface area contributed by atoms with Gasteiger partial charge in [-0.2, -0.15) is 0 Å². The van der Waals surface area contributed by atoms with Crippen molar-refractivity contribution in [2.45, 2.75) is 39.0 Å². The maximum atomic E-state index is 12.1. The van der Waals surface area contributed by atoms with Crippen LogP contribution in [-0.2, 0) is 14.9 Å². The zero-order valence-corrected chi connectivity index (χ0v) is 12.0. The van der Waals surface area contributed by atoms with Gasteiger partial charge in [-0.1, -0.05) is 13.3 Å². The van der Waals surface area contributed by atoms with Crippen LogP contribution < -0.4 is 4.74 Å². The molecule has 4 nitrogen and oxygen atoms in total. The van der Waals surface area contributed by atoms with E-state index in [1.54, 1.807) is 33.1 Å². The summed E-state index contributed by atoms with van der Waals surface area (Å²) in [5.74, 6) is 0.324. The van der Waals surface area contributed by atoms with E-state index in [0.29, 0.717) is 17.9 Å². The summed E-state index contributed by atoms with van der Waals surface area (Å²) in [5.41, 5.74) is -0.403. The fourth-order valence-corrected chi connectivity index (χ4v) is 1.74. The number of carbonyl (C=O) groups is 1. The molecule has 0 amide bonds. The van der Waals surface area contributed by atoms with Crippen molar-refractivity contribution in [2.75, 3.05) is 13.7 Å². The maximum absolute atomic E-state index is 12.1. The van der Waals surface area contributed by atoms with Crippen LogP contribution in [0.5, 0.6) is 11.5 Å². The molecular weight excluding hydrogens is 244 g/mol. The number of aromatic hydroxyl groups is 1. The summed E-state index contributed by atoms with van der Waals surface area (Å²) in [6.07, 6.45) is 1.81. The Bertz CT molecular complexity index is 438. The van der Waals surface area contributed by atoms with Gasteiger partial charge in [-0.25, -0.2) is 0 Å². The van der Waals surface area contributed by atoms with E-state index >= 15 is 0 Å². The standard InChI is InChI=1S/C15H22O4/c1-5-6-9-19-14(17)15(2,3)12-10-11(18-4)7-8-13(12)16/h7-8,10,16H,5-6,9H2,1-4H3. The third-order valence-corrected chi connectivity index (χ3v) is 3.12. The Labute approximate surface area is 114 Å². The first-order chi connectivity index (χ1) is 8.93. The second-order valence-corrected chi connectivity index (χ2v) is 5.00. The van der Waals surface area contributed by atoms with Gasteiger partial charge in [0, 0.05) is 5.56 Å². The van der Waals surface area contributed by atoms with E-state index in [1.807, 2.05) is 6.92 Å². The van der Waals surface area contributed by atoms with Crippen LogP contribution in [0.1, 0.15) is 39.2 Å². The van der Waals surface area contributed by atoms with Gasteiger partial charge in [0.05, 0.1) is 19.1 Å². The minimum absolute atomic E-state index is 0.0678. The van der Waals surface area contributed by atoms with Crippen molar-refractivity contribution in [1.29, 1.82) is 0 Å². The summed E-state index contributed by atoms with van der Waals surface area (Å²) in [6, 6.07) is 4.84. The summed E-state index contributed by atoms with van der Waals surface area (Å²) < 4.78 is 10.4. The van der Waals surface area contributed by atoms with Crippen molar-refractivity contribution in [3.05, 3.63) is 23.8 Å². The first kappa shape index (κ1) is 15.3. The monoisotopic (exact) mass is 266 g/mol. The normalized spacial score (nSPS) is 11.2. The first-order valence-electron chi connectivity index (χ1n) is 6.48. The minimum atomic E-state index is -0.910. The highest BCUT2D eigenvalue weighted by Crippen LogP contribution is 2.34. The maximum Gasteiger partial charge on any atom is 0.316 e. The highest BCUT2D eigenvalue weighted by atomic mass is 16.5. The lowest BCUT2D eigenvalue weighted by atomic mass is 9.84. The molecule has 0 saturated carbocycles. The molecule has 1 aromatic rings. The van der Waals surface area contributed by atoms with Crippen molar-refractivity contribution in [3.63, 3.8) is 0 Å². The summed E-state index contributed by atoms with van der Waals surface area (Å²) in [5, 5.41) is 9.92. The van der Waals surface area contributed by atoms with Gasteiger partial charge in [0.25, 0.3) is 0 Å². The molecule has 1 rings (SSSR count). The molecule has 0 aliphatic heterocycles. The Kier molecular flexibility index (Phi) is 5.21. The molecule has 0 spiro atoms. The number of hydrogen-bond donors (Lipinski definition) is 1. The lowest BCUT2D eigenvalue weighted by Gasteiger charge is -2.24. The van der Waals surface area contributed by atoms with Crippen molar-refractivity contribution < 1.29 is 19.4 Å². The van der Waals surface area contributed by atoms with E-state index < -0.39 is 5.41 Å². The highest BCUT2D eigenvalue weighted by Gasteiger charge is 2.34. The van der Waals surface area contributed by atoms with Gasteiger partial charge in [-0.15, -0.1) is 0 Å². The van der Waals surface area contributed by atoms with E-state index in [1.165, 1.54) is 6.07 Å². The van der Waals surface area contributed by atoms with Gasteiger partial charge in [0.15, 0.2) is 0 Å². The van der Waals surface area contributed by atoms with Crippen molar-refractivity contribution in [2.24, 2.45) is 0 Å². The first-order valence-corrected chi connectivity index (χ1v) is 6.48. The number of phenolic OH excluding ortho intramolecular Hbond substituents is 1. The largest absolute Gasteiger partial charge is 0.508 e. The minimum Gasteiger partial charge on any atom is -0.508 e. The number of phenols is 1. The number of unbranched alkanes of at least 4 members (excludes halogenated alkanes) is 1. The molecule has 0 bridgehead atoms. The average Bonchev–Trinajstić information content (AvgIpc) is 2.39. The molecule has 0 heterocycles. The number of methoxy groups -OCH3 is 1. The lowest BCUT2D eigenvalue weighted by molar-refractivity contribution is -0.149. The van der Waals surface area contributed by atoms with Gasteiger partial charge >= 0.3 is 5.97 Å². The molecule has 0 aromatic heterocycles. The van der Waals surface area contributed by atoms with Crippen LogP contribution in [0.25, 0.3) is 0 Å². The summed E-state index contributed by atoms with van der Waals surface area (Å²) in [4.78, 5) is 12.1. The van der Waals surface area contributed by atoms with Gasteiger partial charge < -0.3 is 14.6 Å². The zero-order chi connectivity index (χ0) is 14.5. The Morgan fingerprint density at radius 2 is 2.05 bits per heavy atom. The molecule has 0 radical (unpaired) electrons. The lowest BCUT2D eigenvalue weighted by Crippen LogP contribution is -2.31. The number of esters is 1. The van der Waals surface area contributed by atoms with Gasteiger partial charge in [0.1, 0.15) is 11.5 Å². The summed E-state index contributed by atoms with van der Waals surface area (Å²) >= 11 is 0. The third-order valence-electron chi connectivity index (χ3n) is 3.12. The average molecular weight is 266 g/mol. The molecule has 1 aromatic carbocycles. The van der Waals surface area contributed by atoms with Crippen molar-refractivity contribution >= 4 is 5.97 Å². The van der Waals surface area contributed by atoms with Crippen LogP contribution in [0, 0.1) is 0 Å². The van der Waals surface area contributed by atoms with Crippen LogP contribution in [0.3, 0.4) is 0 Å². The van der Waals surface area contributed by atoms with E-state index in [9.17, 15) is 9.90 Å². The van der Waals surface area contributed by atoms with Crippen LogP contribution in [0.2, 0.25) is 0 Å². The molecule has 0 aliphatic carbocycles. The Morgan fingerprint density at radius 1 is 1.37 bits per heavy atom. The van der Waals surface area contributed by atoms with Gasteiger partial charge in [0.2, 0.25) is 0 Å². The topological polar surface area (TPSA) is 55.8 Å². The fraction of sp³-hybridized carbons (Fsp3) is 0.533. The molecule has 19 heavy (non-hydrogen) atoms. The Balaban J connectivity index is 2.94. The van der Waals surface area contributed by atoms with Crippen molar-refractivity contribution in [3.8, 4) is 11.5 Å². The molecular formula is C15H22O4. The van der Waals surface area contributed by atoms with Crippen LogP contribution in [0.4, 0.5) is 0 Å². The van der Waals surface area contributed by atoms with Gasteiger partial charge in [-0.05, 0) is 38.5 Å². The summed E-state index contributed by atoms with van der Waals surface area (Å²) in [7, 11) is 1.54. The third kappa shape index (κ3) is 3.63. The molecule has 0 aliphatic rings. The molecule has 1 N–H and O–H groups in total. The smallest absolute Gasteiger partial charge is 0.316 e. The molecule has 0 unspecified atom stereocenters. The predicted octanol–water partition coefficient (Wildman–Crippen LogP) is 3.02. The molecule has 0 atom stereocenters. The quantitative estimate of drug-likeness (QED) is 0.635. The van der Waals surface area contributed by atoms with E-state index in [2.05, 4.69) is 0 Å². The van der Waals surface area contributed by atoms with Gasteiger partial charge in [-0.3, -0.25) is 4.79 Å². The molecule has 0 saturated heterocycles. The number of ether oxygens (including phenoxy) is 2. The number of hydrogen-bond acceptors (Lipinski definition) is 4. The molecule has 4 heteroatoms. The van der Waals surface area contributed by atoms with E-state index in [0.717, 1.165) is 12.8 Å². The van der Waals surface area contributed by atoms with E-state index in [4.69, 9.17) is 9.47 Å². The van der Waals surface area contributed by atoms with Crippen LogP contribution >= 0.6 is 0 Å². The molecule has 106 valence electrons. The van der Waals surface area contributed by atoms with Crippen LogP contribution in [0.15, 0.2) is 18.2 Å². The number of benzene rings is 1. The summed E-state index contributed by atoms with van der Waals surface area (Å²) in [6.45, 7) is 5.90. The molecule has 0 fully saturated rings. The SMILES string of the molecule is CCCCOC(=O)C(C)(C)c1cc(OC)ccc1O. The predicted molar refractivity (Wildman–Crippen MR) is 73.6 cm³/mol. The number of rotatable bonds is 6. The zero-order valence-electron chi connectivity index (χ0n) is 12.0. The second-order valence-electron chi connectivity index (χ2n) is 5.00. The Hall–Kier alpha value is -1.71. The highest BCUT2D eigenvalue weighted by molar-refractivity contribution is 5.83.